The standard InChI is InChI=1S/C23H26N2O4/c1-2-3-13-28-23(27)24-11-12-25-19(15-24)16-29-21-14-18(9-10-20(21)22(25)26)17-7-5-4-6-8-17/h4-10,14,19H,2-3,11-13,15-16H2,1H3. The number of hydrogen-bond donors (Lipinski definition) is 0. The molecule has 1 saturated heterocycles. The highest BCUT2D eigenvalue weighted by Gasteiger charge is 2.37. The molecule has 6 heteroatoms. The van der Waals surface area contributed by atoms with Crippen LogP contribution in [-0.4, -0.2) is 60.7 Å². The molecule has 0 spiro atoms. The summed E-state index contributed by atoms with van der Waals surface area (Å²) in [6.45, 7) is 4.23. The van der Waals surface area contributed by atoms with Crippen molar-refractivity contribution in [3.63, 3.8) is 0 Å². The zero-order valence-electron chi connectivity index (χ0n) is 16.7. The molecular weight excluding hydrogens is 368 g/mol. The molecule has 152 valence electrons. The first kappa shape index (κ1) is 19.3. The summed E-state index contributed by atoms with van der Waals surface area (Å²) in [4.78, 5) is 28.9. The van der Waals surface area contributed by atoms with Crippen LogP contribution in [0.5, 0.6) is 5.75 Å². The second-order valence-corrected chi connectivity index (χ2v) is 7.45. The summed E-state index contributed by atoms with van der Waals surface area (Å²) in [5, 5.41) is 0. The minimum absolute atomic E-state index is 0.0406. The number of piperazine rings is 1. The summed E-state index contributed by atoms with van der Waals surface area (Å²) < 4.78 is 11.4. The van der Waals surface area contributed by atoms with E-state index >= 15 is 0 Å². The van der Waals surface area contributed by atoms with Gasteiger partial charge in [0.05, 0.1) is 18.2 Å². The molecule has 2 aromatic carbocycles. The van der Waals surface area contributed by atoms with E-state index in [0.29, 0.717) is 44.2 Å². The summed E-state index contributed by atoms with van der Waals surface area (Å²) >= 11 is 0. The average molecular weight is 394 g/mol. The number of carbonyl (C=O) groups is 2. The lowest BCUT2D eigenvalue weighted by molar-refractivity contribution is 0.0317. The molecular formula is C23H26N2O4. The fourth-order valence-electron chi connectivity index (χ4n) is 3.80. The predicted octanol–water partition coefficient (Wildman–Crippen LogP) is 3.81. The maximum Gasteiger partial charge on any atom is 0.409 e. The summed E-state index contributed by atoms with van der Waals surface area (Å²) in [5.74, 6) is 0.559. The van der Waals surface area contributed by atoms with E-state index in [1.807, 2.05) is 53.4 Å². The van der Waals surface area contributed by atoms with Crippen molar-refractivity contribution in [3.05, 3.63) is 54.1 Å². The second-order valence-electron chi connectivity index (χ2n) is 7.45. The summed E-state index contributed by atoms with van der Waals surface area (Å²) in [7, 11) is 0. The fourth-order valence-corrected chi connectivity index (χ4v) is 3.80. The van der Waals surface area contributed by atoms with Gasteiger partial charge in [-0.05, 0) is 29.7 Å². The van der Waals surface area contributed by atoms with Crippen LogP contribution < -0.4 is 4.74 Å². The van der Waals surface area contributed by atoms with E-state index in [0.717, 1.165) is 24.0 Å². The Morgan fingerprint density at radius 1 is 1.14 bits per heavy atom. The van der Waals surface area contributed by atoms with Gasteiger partial charge in [-0.1, -0.05) is 49.7 Å². The van der Waals surface area contributed by atoms with Gasteiger partial charge < -0.3 is 19.3 Å². The molecule has 1 fully saturated rings. The Morgan fingerprint density at radius 3 is 2.76 bits per heavy atom. The molecule has 1 unspecified atom stereocenters. The molecule has 2 aliphatic rings. The van der Waals surface area contributed by atoms with Crippen LogP contribution in [-0.2, 0) is 4.74 Å². The Balaban J connectivity index is 1.49. The monoisotopic (exact) mass is 394 g/mol. The van der Waals surface area contributed by atoms with Crippen LogP contribution in [0.3, 0.4) is 0 Å². The van der Waals surface area contributed by atoms with Crippen LogP contribution in [0.25, 0.3) is 11.1 Å². The lowest BCUT2D eigenvalue weighted by Crippen LogP contribution is -2.57. The van der Waals surface area contributed by atoms with E-state index in [4.69, 9.17) is 9.47 Å². The van der Waals surface area contributed by atoms with Gasteiger partial charge in [-0.15, -0.1) is 0 Å². The number of nitrogens with zero attached hydrogens (tertiary/aromatic N) is 2. The molecule has 1 atom stereocenters. The molecule has 0 saturated carbocycles. The Bertz CT molecular complexity index is 884. The van der Waals surface area contributed by atoms with Crippen LogP contribution in [0.2, 0.25) is 0 Å². The average Bonchev–Trinajstić information content (AvgIpc) is 2.90. The third-order valence-electron chi connectivity index (χ3n) is 5.48. The quantitative estimate of drug-likeness (QED) is 0.740. The number of unbranched alkanes of at least 4 members (excludes halogenated alkanes) is 1. The molecule has 2 aliphatic heterocycles. The van der Waals surface area contributed by atoms with Crippen molar-refractivity contribution in [1.82, 2.24) is 9.80 Å². The third-order valence-corrected chi connectivity index (χ3v) is 5.48. The van der Waals surface area contributed by atoms with Gasteiger partial charge in [0.2, 0.25) is 0 Å². The van der Waals surface area contributed by atoms with Gasteiger partial charge in [0.1, 0.15) is 12.4 Å². The first-order chi connectivity index (χ1) is 14.2. The van der Waals surface area contributed by atoms with Crippen LogP contribution in [0, 0.1) is 0 Å². The minimum atomic E-state index is -0.307. The summed E-state index contributed by atoms with van der Waals surface area (Å²) in [6.07, 6.45) is 1.53. The number of ether oxygens (including phenoxy) is 2. The second kappa shape index (κ2) is 8.55. The van der Waals surface area contributed by atoms with Crippen molar-refractivity contribution < 1.29 is 19.1 Å². The smallest absolute Gasteiger partial charge is 0.409 e. The molecule has 2 heterocycles. The zero-order valence-corrected chi connectivity index (χ0v) is 16.7. The normalized spacial score (nSPS) is 18.4. The van der Waals surface area contributed by atoms with Crippen LogP contribution in [0.4, 0.5) is 4.79 Å². The van der Waals surface area contributed by atoms with E-state index < -0.39 is 0 Å². The molecule has 0 aromatic heterocycles. The van der Waals surface area contributed by atoms with Crippen LogP contribution in [0.15, 0.2) is 48.5 Å². The minimum Gasteiger partial charge on any atom is -0.491 e. The van der Waals surface area contributed by atoms with Gasteiger partial charge in [-0.2, -0.15) is 0 Å². The van der Waals surface area contributed by atoms with E-state index in [1.165, 1.54) is 0 Å². The number of rotatable bonds is 4. The van der Waals surface area contributed by atoms with Crippen molar-refractivity contribution in [3.8, 4) is 16.9 Å². The summed E-state index contributed by atoms with van der Waals surface area (Å²) in [6, 6.07) is 15.6. The van der Waals surface area contributed by atoms with Crippen molar-refractivity contribution in [2.45, 2.75) is 25.8 Å². The Hall–Kier alpha value is -3.02. The number of amides is 2. The van der Waals surface area contributed by atoms with E-state index in [9.17, 15) is 9.59 Å². The van der Waals surface area contributed by atoms with Crippen molar-refractivity contribution in [1.29, 1.82) is 0 Å². The number of fused-ring (bicyclic) bond motifs is 2. The van der Waals surface area contributed by atoms with Crippen LogP contribution >= 0.6 is 0 Å². The van der Waals surface area contributed by atoms with Crippen molar-refractivity contribution >= 4 is 12.0 Å². The molecule has 0 N–H and O–H groups in total. The highest BCUT2D eigenvalue weighted by atomic mass is 16.6. The molecule has 0 radical (unpaired) electrons. The molecule has 6 nitrogen and oxygen atoms in total. The Morgan fingerprint density at radius 2 is 1.97 bits per heavy atom. The number of hydrogen-bond acceptors (Lipinski definition) is 4. The fraction of sp³-hybridized carbons (Fsp3) is 0.391. The van der Waals surface area contributed by atoms with Crippen molar-refractivity contribution in [2.75, 3.05) is 32.8 Å². The molecule has 2 aromatic rings. The Labute approximate surface area is 171 Å². The van der Waals surface area contributed by atoms with Gasteiger partial charge in [0.15, 0.2) is 0 Å². The molecule has 29 heavy (non-hydrogen) atoms. The molecule has 4 rings (SSSR count). The molecule has 0 aliphatic carbocycles. The lowest BCUT2D eigenvalue weighted by Gasteiger charge is -2.39. The predicted molar refractivity (Wildman–Crippen MR) is 110 cm³/mol. The highest BCUT2D eigenvalue weighted by molar-refractivity contribution is 5.98. The lowest BCUT2D eigenvalue weighted by atomic mass is 10.0. The first-order valence-electron chi connectivity index (χ1n) is 10.2. The molecule has 0 bridgehead atoms. The number of benzene rings is 2. The van der Waals surface area contributed by atoms with E-state index in [-0.39, 0.29) is 18.0 Å². The van der Waals surface area contributed by atoms with Gasteiger partial charge in [0.25, 0.3) is 5.91 Å². The maximum absolute atomic E-state index is 13.1. The van der Waals surface area contributed by atoms with Gasteiger partial charge >= 0.3 is 6.09 Å². The van der Waals surface area contributed by atoms with Crippen molar-refractivity contribution in [2.24, 2.45) is 0 Å². The molecule has 2 amide bonds. The third kappa shape index (κ3) is 4.06. The van der Waals surface area contributed by atoms with E-state index in [2.05, 4.69) is 6.92 Å². The largest absolute Gasteiger partial charge is 0.491 e. The van der Waals surface area contributed by atoms with Crippen LogP contribution in [0.1, 0.15) is 30.1 Å². The van der Waals surface area contributed by atoms with Gasteiger partial charge in [-0.25, -0.2) is 4.79 Å². The first-order valence-corrected chi connectivity index (χ1v) is 10.2. The highest BCUT2D eigenvalue weighted by Crippen LogP contribution is 2.31. The summed E-state index contributed by atoms with van der Waals surface area (Å²) in [5.41, 5.74) is 2.67. The zero-order chi connectivity index (χ0) is 20.2. The Kier molecular flexibility index (Phi) is 5.69. The van der Waals surface area contributed by atoms with Gasteiger partial charge in [0, 0.05) is 19.6 Å². The SMILES string of the molecule is CCCCOC(=O)N1CCN2C(=O)c3ccc(-c4ccccc4)cc3OCC2C1. The van der Waals surface area contributed by atoms with E-state index in [1.54, 1.807) is 4.90 Å². The number of carbonyl (C=O) groups excluding carboxylic acids is 2. The maximum atomic E-state index is 13.1. The van der Waals surface area contributed by atoms with Gasteiger partial charge in [-0.3, -0.25) is 4.79 Å². The topological polar surface area (TPSA) is 59.1 Å².